The van der Waals surface area contributed by atoms with E-state index in [1.807, 2.05) is 17.0 Å². The van der Waals surface area contributed by atoms with Gasteiger partial charge in [0, 0.05) is 22.9 Å². The van der Waals surface area contributed by atoms with Gasteiger partial charge in [-0.3, -0.25) is 9.59 Å². The maximum absolute atomic E-state index is 12.8. The van der Waals surface area contributed by atoms with E-state index in [4.69, 9.17) is 0 Å². The van der Waals surface area contributed by atoms with E-state index in [0.717, 1.165) is 13.1 Å². The number of ketones is 1. The predicted octanol–water partition coefficient (Wildman–Crippen LogP) is 2.35. The lowest BCUT2D eigenvalue weighted by molar-refractivity contribution is -0.929. The van der Waals surface area contributed by atoms with Crippen molar-refractivity contribution in [2.45, 2.75) is 13.0 Å². The average molecular weight is 388 g/mol. The molecule has 1 saturated heterocycles. The number of aromatic nitrogens is 1. The summed E-state index contributed by atoms with van der Waals surface area (Å²) in [5.74, 6) is -0.0735. The van der Waals surface area contributed by atoms with Crippen molar-refractivity contribution in [1.82, 2.24) is 9.88 Å². The van der Waals surface area contributed by atoms with Crippen molar-refractivity contribution in [3.63, 3.8) is 0 Å². The lowest BCUT2D eigenvalue weighted by atomic mass is 9.96. The Hall–Kier alpha value is -3.18. The summed E-state index contributed by atoms with van der Waals surface area (Å²) in [5.41, 5.74) is 3.63. The Balaban J connectivity index is 1.49. The fraction of sp³-hybridized carbons (Fsp3) is 0.250. The fourth-order valence-corrected chi connectivity index (χ4v) is 4.13. The first kappa shape index (κ1) is 19.2. The lowest BCUT2D eigenvalue weighted by Gasteiger charge is -2.37. The Kier molecular flexibility index (Phi) is 5.58. The van der Waals surface area contributed by atoms with E-state index in [1.54, 1.807) is 12.3 Å². The zero-order valence-corrected chi connectivity index (χ0v) is 16.6. The second kappa shape index (κ2) is 8.45. The standard InChI is InChI=1S/C24H25N3O2/c1-18(28)21-16-22(25-17-21)24(29)27-14-12-26(13-15-27)23(19-8-4-2-5-9-19)20-10-6-3-7-11-20/h2-11,16-17,23,25H,12-15H2,1H3/p+1. The highest BCUT2D eigenvalue weighted by molar-refractivity contribution is 5.99. The fourth-order valence-electron chi connectivity index (χ4n) is 4.13. The van der Waals surface area contributed by atoms with Gasteiger partial charge in [-0.1, -0.05) is 60.7 Å². The summed E-state index contributed by atoms with van der Waals surface area (Å²) in [7, 11) is 0. The maximum atomic E-state index is 12.8. The number of amides is 1. The van der Waals surface area contributed by atoms with Crippen molar-refractivity contribution < 1.29 is 14.5 Å². The summed E-state index contributed by atoms with van der Waals surface area (Å²) in [6, 6.07) is 23.1. The number of Topliss-reactive ketones (excluding diaryl/α,β-unsaturated/α-hetero) is 1. The molecule has 2 N–H and O–H groups in total. The molecule has 2 aromatic carbocycles. The summed E-state index contributed by atoms with van der Waals surface area (Å²) in [5, 5.41) is 0. The number of hydrogen-bond acceptors (Lipinski definition) is 2. The molecule has 0 atom stereocenters. The third-order valence-electron chi connectivity index (χ3n) is 5.69. The molecule has 1 amide bonds. The molecule has 0 spiro atoms. The van der Waals surface area contributed by atoms with Crippen LogP contribution in [0.1, 0.15) is 44.9 Å². The molecule has 0 bridgehead atoms. The molecule has 1 aromatic heterocycles. The number of carbonyl (C=O) groups is 2. The molecule has 0 saturated carbocycles. The molecule has 148 valence electrons. The molecule has 1 aliphatic rings. The summed E-state index contributed by atoms with van der Waals surface area (Å²) in [6.45, 7) is 4.64. The van der Waals surface area contributed by atoms with Crippen LogP contribution in [0.5, 0.6) is 0 Å². The van der Waals surface area contributed by atoms with E-state index >= 15 is 0 Å². The van der Waals surface area contributed by atoms with Gasteiger partial charge in [-0.05, 0) is 13.0 Å². The van der Waals surface area contributed by atoms with E-state index in [1.165, 1.54) is 23.0 Å². The number of hydrogen-bond donors (Lipinski definition) is 2. The van der Waals surface area contributed by atoms with Crippen LogP contribution in [-0.4, -0.2) is 47.8 Å². The molecule has 29 heavy (non-hydrogen) atoms. The SMILES string of the molecule is CC(=O)c1c[nH]c(C(=O)N2CC[NH+](C(c3ccccc3)c3ccccc3)CC2)c1. The molecule has 1 aliphatic heterocycles. The first-order chi connectivity index (χ1) is 14.1. The second-order valence-corrected chi connectivity index (χ2v) is 7.56. The van der Waals surface area contributed by atoms with E-state index in [9.17, 15) is 9.59 Å². The number of nitrogens with one attached hydrogen (secondary N) is 2. The number of nitrogens with zero attached hydrogens (tertiary/aromatic N) is 1. The first-order valence-electron chi connectivity index (χ1n) is 10.1. The van der Waals surface area contributed by atoms with Crippen LogP contribution in [0.4, 0.5) is 0 Å². The van der Waals surface area contributed by atoms with Crippen LogP contribution in [0, 0.1) is 0 Å². The number of benzene rings is 2. The van der Waals surface area contributed by atoms with Crippen molar-refractivity contribution in [2.24, 2.45) is 0 Å². The van der Waals surface area contributed by atoms with Crippen molar-refractivity contribution >= 4 is 11.7 Å². The largest absolute Gasteiger partial charge is 0.356 e. The minimum absolute atomic E-state index is 0.0347. The number of rotatable bonds is 5. The highest BCUT2D eigenvalue weighted by Crippen LogP contribution is 2.19. The monoisotopic (exact) mass is 388 g/mol. The van der Waals surface area contributed by atoms with Crippen molar-refractivity contribution in [1.29, 1.82) is 0 Å². The van der Waals surface area contributed by atoms with Crippen LogP contribution in [0.2, 0.25) is 0 Å². The summed E-state index contributed by atoms with van der Waals surface area (Å²) in [4.78, 5) is 30.6. The minimum Gasteiger partial charge on any atom is -0.356 e. The second-order valence-electron chi connectivity index (χ2n) is 7.56. The van der Waals surface area contributed by atoms with Crippen LogP contribution >= 0.6 is 0 Å². The van der Waals surface area contributed by atoms with Gasteiger partial charge < -0.3 is 14.8 Å². The van der Waals surface area contributed by atoms with Crippen molar-refractivity contribution in [3.8, 4) is 0 Å². The molecule has 4 rings (SSSR count). The molecule has 0 unspecified atom stereocenters. The normalized spacial score (nSPS) is 14.9. The lowest BCUT2D eigenvalue weighted by Crippen LogP contribution is -3.15. The van der Waals surface area contributed by atoms with Crippen LogP contribution in [-0.2, 0) is 0 Å². The van der Waals surface area contributed by atoms with Crippen LogP contribution in [0.3, 0.4) is 0 Å². The highest BCUT2D eigenvalue weighted by atomic mass is 16.2. The Bertz CT molecular complexity index is 934. The molecular formula is C24H26N3O2+. The molecule has 3 aromatic rings. The Morgan fingerprint density at radius 2 is 1.48 bits per heavy atom. The van der Waals surface area contributed by atoms with Gasteiger partial charge in [0.15, 0.2) is 5.78 Å². The summed E-state index contributed by atoms with van der Waals surface area (Å²) < 4.78 is 0. The number of H-pyrrole nitrogens is 1. The topological polar surface area (TPSA) is 57.6 Å². The zero-order valence-electron chi connectivity index (χ0n) is 16.6. The molecule has 0 radical (unpaired) electrons. The van der Waals surface area contributed by atoms with E-state index in [-0.39, 0.29) is 17.7 Å². The van der Waals surface area contributed by atoms with Crippen LogP contribution in [0.15, 0.2) is 72.9 Å². The smallest absolute Gasteiger partial charge is 0.270 e. The highest BCUT2D eigenvalue weighted by Gasteiger charge is 2.32. The molecule has 2 heterocycles. The van der Waals surface area contributed by atoms with Crippen LogP contribution in [0.25, 0.3) is 0 Å². The Morgan fingerprint density at radius 3 is 1.97 bits per heavy atom. The van der Waals surface area contributed by atoms with Gasteiger partial charge >= 0.3 is 0 Å². The van der Waals surface area contributed by atoms with Gasteiger partial charge in [0.1, 0.15) is 11.7 Å². The van der Waals surface area contributed by atoms with Gasteiger partial charge in [-0.15, -0.1) is 0 Å². The summed E-state index contributed by atoms with van der Waals surface area (Å²) in [6.07, 6.45) is 1.61. The van der Waals surface area contributed by atoms with Gasteiger partial charge in [0.2, 0.25) is 0 Å². The minimum atomic E-state index is -0.0388. The number of piperazine rings is 1. The first-order valence-corrected chi connectivity index (χ1v) is 10.1. The van der Waals surface area contributed by atoms with Crippen molar-refractivity contribution in [2.75, 3.05) is 26.2 Å². The average Bonchev–Trinajstić information content (AvgIpc) is 3.26. The molecule has 0 aliphatic carbocycles. The number of carbonyl (C=O) groups excluding carboxylic acids is 2. The molecule has 5 nitrogen and oxygen atoms in total. The maximum Gasteiger partial charge on any atom is 0.270 e. The third kappa shape index (κ3) is 4.15. The zero-order chi connectivity index (χ0) is 20.2. The number of aromatic amines is 1. The molecule has 1 fully saturated rings. The Morgan fingerprint density at radius 1 is 0.931 bits per heavy atom. The van der Waals surface area contributed by atoms with E-state index in [2.05, 4.69) is 53.5 Å². The van der Waals surface area contributed by atoms with Gasteiger partial charge in [0.05, 0.1) is 26.2 Å². The summed E-state index contributed by atoms with van der Waals surface area (Å²) >= 11 is 0. The van der Waals surface area contributed by atoms with E-state index < -0.39 is 0 Å². The van der Waals surface area contributed by atoms with Gasteiger partial charge in [-0.2, -0.15) is 0 Å². The number of quaternary nitrogens is 1. The Labute approximate surface area is 171 Å². The van der Waals surface area contributed by atoms with E-state index in [0.29, 0.717) is 24.3 Å². The molecule has 5 heteroatoms. The molecular weight excluding hydrogens is 362 g/mol. The predicted molar refractivity (Wildman–Crippen MR) is 112 cm³/mol. The van der Waals surface area contributed by atoms with Crippen LogP contribution < -0.4 is 4.90 Å². The quantitative estimate of drug-likeness (QED) is 0.659. The van der Waals surface area contributed by atoms with Gasteiger partial charge in [-0.25, -0.2) is 0 Å². The third-order valence-corrected chi connectivity index (χ3v) is 5.69. The van der Waals surface area contributed by atoms with Gasteiger partial charge in [0.25, 0.3) is 5.91 Å². The van der Waals surface area contributed by atoms with Crippen molar-refractivity contribution in [3.05, 3.63) is 95.3 Å².